The van der Waals surface area contributed by atoms with Crippen molar-refractivity contribution in [3.05, 3.63) is 21.9 Å². The van der Waals surface area contributed by atoms with Gasteiger partial charge >= 0.3 is 5.82 Å². The summed E-state index contributed by atoms with van der Waals surface area (Å²) in [5.41, 5.74) is 5.23. The molecule has 1 rings (SSSR count). The van der Waals surface area contributed by atoms with E-state index < -0.39 is 11.0 Å². The van der Waals surface area contributed by atoms with Gasteiger partial charge in [0.1, 0.15) is 6.10 Å². The zero-order valence-electron chi connectivity index (χ0n) is 6.10. The highest BCUT2D eigenvalue weighted by Gasteiger charge is 2.20. The van der Waals surface area contributed by atoms with Crippen LogP contribution in [0.25, 0.3) is 0 Å². The second-order valence-electron chi connectivity index (χ2n) is 2.18. The molecule has 0 aromatic carbocycles. The number of aliphatic hydroxyl groups excluding tert-OH is 1. The summed E-state index contributed by atoms with van der Waals surface area (Å²) in [4.78, 5) is 9.63. The second-order valence-corrected chi connectivity index (χ2v) is 2.18. The molecule has 1 heterocycles. The molecule has 0 saturated heterocycles. The van der Waals surface area contributed by atoms with Crippen LogP contribution < -0.4 is 5.73 Å². The molecule has 1 unspecified atom stereocenters. The van der Waals surface area contributed by atoms with E-state index in [2.05, 4.69) is 10.2 Å². The molecule has 66 valence electrons. The molecule has 0 aliphatic heterocycles. The summed E-state index contributed by atoms with van der Waals surface area (Å²) in [7, 11) is 0. The third-order valence-electron chi connectivity index (χ3n) is 1.41. The molecule has 0 fully saturated rings. The molecule has 1 aromatic heterocycles. The minimum Gasteiger partial charge on any atom is -0.387 e. The van der Waals surface area contributed by atoms with Crippen molar-refractivity contribution in [1.29, 1.82) is 0 Å². The maximum Gasteiger partial charge on any atom is 0.348 e. The fourth-order valence-corrected chi connectivity index (χ4v) is 0.806. The van der Waals surface area contributed by atoms with E-state index in [0.29, 0.717) is 0 Å². The van der Waals surface area contributed by atoms with Gasteiger partial charge in [-0.2, -0.15) is 0 Å². The number of aliphatic hydroxyl groups is 1. The second kappa shape index (κ2) is 3.28. The molecule has 7 nitrogen and oxygen atoms in total. The van der Waals surface area contributed by atoms with E-state index >= 15 is 0 Å². The summed E-state index contributed by atoms with van der Waals surface area (Å²) in [6, 6.07) is 0. The first-order chi connectivity index (χ1) is 5.66. The molecule has 0 aliphatic rings. The maximum absolute atomic E-state index is 10.3. The highest BCUT2D eigenvalue weighted by molar-refractivity contribution is 5.31. The lowest BCUT2D eigenvalue weighted by Crippen LogP contribution is -2.12. The van der Waals surface area contributed by atoms with Crippen molar-refractivity contribution in [2.45, 2.75) is 6.10 Å². The molecule has 4 N–H and O–H groups in total. The smallest absolute Gasteiger partial charge is 0.348 e. The predicted molar refractivity (Wildman–Crippen MR) is 39.3 cm³/mol. The van der Waals surface area contributed by atoms with Crippen molar-refractivity contribution in [3.8, 4) is 0 Å². The van der Waals surface area contributed by atoms with E-state index in [1.165, 1.54) is 6.20 Å². The Balaban J connectivity index is 2.98. The summed E-state index contributed by atoms with van der Waals surface area (Å²) < 4.78 is 0. The molecular formula is C5H8N4O3. The fourth-order valence-electron chi connectivity index (χ4n) is 0.806. The monoisotopic (exact) mass is 172 g/mol. The van der Waals surface area contributed by atoms with Crippen LogP contribution in [0.2, 0.25) is 0 Å². The van der Waals surface area contributed by atoms with Crippen molar-refractivity contribution in [2.75, 3.05) is 6.54 Å². The zero-order valence-corrected chi connectivity index (χ0v) is 6.10. The number of aromatic amines is 1. The summed E-state index contributed by atoms with van der Waals surface area (Å²) in [5, 5.41) is 25.0. The van der Waals surface area contributed by atoms with Crippen LogP contribution >= 0.6 is 0 Å². The van der Waals surface area contributed by atoms with Gasteiger partial charge in [-0.05, 0) is 4.92 Å². The SMILES string of the molecule is NCC(O)c1cn[nH]c1[N+](=O)[O-]. The number of nitrogens with two attached hydrogens (primary N) is 1. The average molecular weight is 172 g/mol. The molecule has 0 radical (unpaired) electrons. The van der Waals surface area contributed by atoms with Crippen LogP contribution in [0, 0.1) is 10.1 Å². The number of hydrogen-bond donors (Lipinski definition) is 3. The molecule has 0 spiro atoms. The maximum atomic E-state index is 10.3. The van der Waals surface area contributed by atoms with Crippen molar-refractivity contribution < 1.29 is 10.0 Å². The van der Waals surface area contributed by atoms with Crippen LogP contribution in [0.15, 0.2) is 6.20 Å². The lowest BCUT2D eigenvalue weighted by molar-refractivity contribution is -0.390. The van der Waals surface area contributed by atoms with E-state index in [-0.39, 0.29) is 17.9 Å². The van der Waals surface area contributed by atoms with Gasteiger partial charge in [0, 0.05) is 6.54 Å². The predicted octanol–water partition coefficient (Wildman–Crippen LogP) is -0.690. The summed E-state index contributed by atoms with van der Waals surface area (Å²) in [5.74, 6) is -0.312. The van der Waals surface area contributed by atoms with Crippen molar-refractivity contribution in [2.24, 2.45) is 5.73 Å². The largest absolute Gasteiger partial charge is 0.387 e. The molecule has 0 amide bonds. The Labute approximate surface area is 67.3 Å². The van der Waals surface area contributed by atoms with Crippen LogP contribution in [-0.4, -0.2) is 26.8 Å². The normalized spacial score (nSPS) is 12.8. The topological polar surface area (TPSA) is 118 Å². The number of nitrogens with one attached hydrogen (secondary N) is 1. The van der Waals surface area contributed by atoms with Gasteiger partial charge in [-0.15, -0.1) is 5.10 Å². The number of hydrogen-bond acceptors (Lipinski definition) is 5. The fraction of sp³-hybridized carbons (Fsp3) is 0.400. The van der Waals surface area contributed by atoms with Gasteiger partial charge in [-0.25, -0.2) is 0 Å². The molecule has 12 heavy (non-hydrogen) atoms. The van der Waals surface area contributed by atoms with E-state index in [1.807, 2.05) is 0 Å². The van der Waals surface area contributed by atoms with Crippen LogP contribution in [0.5, 0.6) is 0 Å². The van der Waals surface area contributed by atoms with Crippen LogP contribution in [0.3, 0.4) is 0 Å². The number of rotatable bonds is 3. The standard InChI is InChI=1S/C5H8N4O3/c6-1-4(10)3-2-7-8-5(3)9(11)12/h2,4,10H,1,6H2,(H,7,8). The van der Waals surface area contributed by atoms with Gasteiger partial charge in [0.2, 0.25) is 0 Å². The molecule has 1 aromatic rings. The third kappa shape index (κ3) is 1.41. The molecular weight excluding hydrogens is 164 g/mol. The quantitative estimate of drug-likeness (QED) is 0.412. The highest BCUT2D eigenvalue weighted by atomic mass is 16.6. The Bertz CT molecular complexity index is 284. The summed E-state index contributed by atoms with van der Waals surface area (Å²) >= 11 is 0. The van der Waals surface area contributed by atoms with E-state index in [1.54, 1.807) is 0 Å². The molecule has 1 atom stereocenters. The number of H-pyrrole nitrogens is 1. The lowest BCUT2D eigenvalue weighted by Gasteiger charge is -2.02. The minimum absolute atomic E-state index is 0.0691. The Morgan fingerprint density at radius 1 is 1.92 bits per heavy atom. The van der Waals surface area contributed by atoms with Crippen molar-refractivity contribution in [3.63, 3.8) is 0 Å². The molecule has 0 saturated carbocycles. The van der Waals surface area contributed by atoms with Crippen LogP contribution in [-0.2, 0) is 0 Å². The Kier molecular flexibility index (Phi) is 2.36. The summed E-state index contributed by atoms with van der Waals surface area (Å²) in [6.07, 6.45) is 0.152. The third-order valence-corrected chi connectivity index (χ3v) is 1.41. The molecule has 7 heteroatoms. The van der Waals surface area contributed by atoms with E-state index in [0.717, 1.165) is 0 Å². The molecule has 0 aliphatic carbocycles. The Morgan fingerprint density at radius 2 is 2.58 bits per heavy atom. The highest BCUT2D eigenvalue weighted by Crippen LogP contribution is 2.20. The summed E-state index contributed by atoms with van der Waals surface area (Å²) in [6.45, 7) is -0.0691. The van der Waals surface area contributed by atoms with Crippen LogP contribution in [0.4, 0.5) is 5.82 Å². The Hall–Kier alpha value is -1.47. The first kappa shape index (κ1) is 8.62. The van der Waals surface area contributed by atoms with Gasteiger partial charge in [0.05, 0.1) is 11.8 Å². The van der Waals surface area contributed by atoms with E-state index in [4.69, 9.17) is 10.8 Å². The first-order valence-electron chi connectivity index (χ1n) is 3.22. The van der Waals surface area contributed by atoms with Gasteiger partial charge < -0.3 is 21.0 Å². The van der Waals surface area contributed by atoms with Crippen molar-refractivity contribution in [1.82, 2.24) is 10.2 Å². The number of nitro groups is 1. The minimum atomic E-state index is -1.04. The number of nitrogens with zero attached hydrogens (tertiary/aromatic N) is 2. The first-order valence-corrected chi connectivity index (χ1v) is 3.22. The lowest BCUT2D eigenvalue weighted by atomic mass is 10.2. The average Bonchev–Trinajstić information content (AvgIpc) is 2.50. The van der Waals surface area contributed by atoms with Gasteiger partial charge in [-0.3, -0.25) is 0 Å². The van der Waals surface area contributed by atoms with Gasteiger partial charge in [-0.1, -0.05) is 5.10 Å². The van der Waals surface area contributed by atoms with E-state index in [9.17, 15) is 10.1 Å². The van der Waals surface area contributed by atoms with Crippen molar-refractivity contribution >= 4 is 5.82 Å². The van der Waals surface area contributed by atoms with Gasteiger partial charge in [0.25, 0.3) is 0 Å². The van der Waals surface area contributed by atoms with Gasteiger partial charge in [0.15, 0.2) is 0 Å². The number of aromatic nitrogens is 2. The Morgan fingerprint density at radius 3 is 3.08 bits per heavy atom. The zero-order chi connectivity index (χ0) is 9.14. The molecule has 0 bridgehead atoms. The van der Waals surface area contributed by atoms with Crippen LogP contribution in [0.1, 0.15) is 11.7 Å².